The van der Waals surface area contributed by atoms with Gasteiger partial charge in [-0.25, -0.2) is 0 Å². The third-order valence-electron chi connectivity index (χ3n) is 4.80. The summed E-state index contributed by atoms with van der Waals surface area (Å²) in [6.07, 6.45) is -10.8. The van der Waals surface area contributed by atoms with E-state index in [0.717, 1.165) is 12.1 Å². The SMILES string of the molecule is CC(O)(CC(F)(F)C(F)(F)C(F)(F)C(F)(F)C(F)(F)C(F)(F)C(F)(F)C(F)(F)F)c1cccc(Cl)c1. The Hall–Kier alpha value is -1.72. The second-order valence-corrected chi connectivity index (χ2v) is 8.05. The summed E-state index contributed by atoms with van der Waals surface area (Å²) in [5.41, 5.74) is -4.25. The summed E-state index contributed by atoms with van der Waals surface area (Å²) in [6, 6.07) is 3.15. The average molecular weight is 589 g/mol. The molecule has 36 heavy (non-hydrogen) atoms. The predicted octanol–water partition coefficient (Wildman–Crippen LogP) is 7.95. The standard InChI is InChI=1S/C17H10ClF17O/c1-9(36,7-3-2-4-8(18)5-7)6-10(19,20)11(21,22)12(23,24)13(25,26)14(27,28)15(29,30)16(31,32)17(33,34)35/h2-5,36H,6H2,1H3. The fourth-order valence-electron chi connectivity index (χ4n) is 2.67. The number of halogens is 18. The normalized spacial score (nSPS) is 17.2. The van der Waals surface area contributed by atoms with Crippen LogP contribution in [0.25, 0.3) is 0 Å². The molecule has 0 bridgehead atoms. The molecule has 0 amide bonds. The third kappa shape index (κ3) is 4.55. The van der Waals surface area contributed by atoms with Gasteiger partial charge in [-0.2, -0.15) is 74.6 Å². The molecule has 1 unspecified atom stereocenters. The Morgan fingerprint density at radius 3 is 1.33 bits per heavy atom. The molecule has 210 valence electrons. The number of alkyl halides is 17. The average Bonchev–Trinajstić information content (AvgIpc) is 2.65. The van der Waals surface area contributed by atoms with Crippen molar-refractivity contribution in [3.63, 3.8) is 0 Å². The summed E-state index contributed by atoms with van der Waals surface area (Å²) >= 11 is 5.44. The van der Waals surface area contributed by atoms with E-state index >= 15 is 0 Å². The van der Waals surface area contributed by atoms with Gasteiger partial charge in [-0.15, -0.1) is 0 Å². The van der Waals surface area contributed by atoms with Gasteiger partial charge in [0.25, 0.3) is 0 Å². The van der Waals surface area contributed by atoms with Crippen LogP contribution in [0.5, 0.6) is 0 Å². The van der Waals surface area contributed by atoms with Gasteiger partial charge >= 0.3 is 47.6 Å². The monoisotopic (exact) mass is 588 g/mol. The zero-order chi connectivity index (χ0) is 29.2. The maximum absolute atomic E-state index is 14.1. The molecular formula is C17H10ClF17O. The van der Waals surface area contributed by atoms with Crippen molar-refractivity contribution < 1.29 is 79.7 Å². The van der Waals surface area contributed by atoms with E-state index in [0.29, 0.717) is 12.1 Å². The summed E-state index contributed by atoms with van der Waals surface area (Å²) in [4.78, 5) is 0. The summed E-state index contributed by atoms with van der Waals surface area (Å²) in [7, 11) is 0. The van der Waals surface area contributed by atoms with Crippen LogP contribution in [-0.4, -0.2) is 52.7 Å². The summed E-state index contributed by atoms with van der Waals surface area (Å²) in [5, 5.41) is 9.58. The first-order valence-corrected chi connectivity index (χ1v) is 9.03. The van der Waals surface area contributed by atoms with E-state index < -0.39 is 65.2 Å². The van der Waals surface area contributed by atoms with Crippen LogP contribution < -0.4 is 0 Å². The molecule has 0 aliphatic rings. The molecule has 0 aromatic heterocycles. The van der Waals surface area contributed by atoms with Crippen molar-refractivity contribution >= 4 is 11.6 Å². The van der Waals surface area contributed by atoms with Gasteiger partial charge in [0.05, 0.1) is 12.0 Å². The molecule has 0 spiro atoms. The van der Waals surface area contributed by atoms with E-state index in [4.69, 9.17) is 11.6 Å². The first kappa shape index (κ1) is 32.3. The Morgan fingerprint density at radius 1 is 0.611 bits per heavy atom. The second kappa shape index (κ2) is 8.66. The molecule has 1 rings (SSSR count). The largest absolute Gasteiger partial charge is 0.460 e. The fourth-order valence-corrected chi connectivity index (χ4v) is 2.86. The summed E-state index contributed by atoms with van der Waals surface area (Å²) in [6.45, 7) is 0.200. The van der Waals surface area contributed by atoms with Crippen molar-refractivity contribution in [3.8, 4) is 0 Å². The van der Waals surface area contributed by atoms with Gasteiger partial charge in [0.2, 0.25) is 0 Å². The van der Waals surface area contributed by atoms with Gasteiger partial charge in [-0.05, 0) is 24.6 Å². The molecule has 1 aromatic carbocycles. The molecule has 0 saturated carbocycles. The maximum atomic E-state index is 14.1. The minimum absolute atomic E-state index is 0.200. The minimum Gasteiger partial charge on any atom is -0.385 e. The fraction of sp³-hybridized carbons (Fsp3) is 0.647. The Balaban J connectivity index is 3.62. The first-order valence-electron chi connectivity index (χ1n) is 8.65. The lowest BCUT2D eigenvalue weighted by molar-refractivity contribution is -0.462. The maximum Gasteiger partial charge on any atom is 0.460 e. The van der Waals surface area contributed by atoms with Crippen LogP contribution in [0.15, 0.2) is 24.3 Å². The van der Waals surface area contributed by atoms with Crippen LogP contribution in [0.4, 0.5) is 74.6 Å². The van der Waals surface area contributed by atoms with Gasteiger partial charge < -0.3 is 5.11 Å². The summed E-state index contributed by atoms with van der Waals surface area (Å²) < 4.78 is 226. The van der Waals surface area contributed by atoms with Crippen LogP contribution in [0, 0.1) is 0 Å². The van der Waals surface area contributed by atoms with E-state index in [-0.39, 0.29) is 11.9 Å². The van der Waals surface area contributed by atoms with Crippen LogP contribution in [0.2, 0.25) is 5.02 Å². The highest BCUT2D eigenvalue weighted by atomic mass is 35.5. The Labute approximate surface area is 193 Å². The molecule has 0 saturated heterocycles. The summed E-state index contributed by atoms with van der Waals surface area (Å²) in [5.74, 6) is -57.1. The van der Waals surface area contributed by atoms with Crippen molar-refractivity contribution in [3.05, 3.63) is 34.9 Å². The third-order valence-corrected chi connectivity index (χ3v) is 5.03. The molecule has 1 atom stereocenters. The van der Waals surface area contributed by atoms with E-state index in [1.54, 1.807) is 0 Å². The molecule has 0 radical (unpaired) electrons. The van der Waals surface area contributed by atoms with Crippen LogP contribution in [0.1, 0.15) is 18.9 Å². The van der Waals surface area contributed by atoms with Crippen molar-refractivity contribution in [1.29, 1.82) is 0 Å². The van der Waals surface area contributed by atoms with Crippen molar-refractivity contribution in [1.82, 2.24) is 0 Å². The molecule has 0 fully saturated rings. The number of rotatable bonds is 9. The molecule has 1 nitrogen and oxygen atoms in total. The van der Waals surface area contributed by atoms with E-state index in [2.05, 4.69) is 0 Å². The van der Waals surface area contributed by atoms with Gasteiger partial charge in [0, 0.05) is 5.02 Å². The van der Waals surface area contributed by atoms with E-state index in [1.165, 1.54) is 0 Å². The molecule has 0 aliphatic carbocycles. The second-order valence-electron chi connectivity index (χ2n) is 7.61. The first-order chi connectivity index (χ1) is 15.5. The van der Waals surface area contributed by atoms with Gasteiger partial charge in [-0.1, -0.05) is 23.7 Å². The molecule has 19 heteroatoms. The molecule has 0 aliphatic heterocycles. The lowest BCUT2D eigenvalue weighted by Crippen LogP contribution is -2.74. The predicted molar refractivity (Wildman–Crippen MR) is 86.3 cm³/mol. The van der Waals surface area contributed by atoms with Crippen LogP contribution in [-0.2, 0) is 5.60 Å². The molecule has 1 aromatic rings. The lowest BCUT2D eigenvalue weighted by atomic mass is 9.83. The van der Waals surface area contributed by atoms with Crippen LogP contribution >= 0.6 is 11.6 Å². The van der Waals surface area contributed by atoms with Crippen LogP contribution in [0.3, 0.4) is 0 Å². The van der Waals surface area contributed by atoms with Gasteiger partial charge in [-0.3, -0.25) is 0 Å². The van der Waals surface area contributed by atoms with Crippen molar-refractivity contribution in [2.45, 2.75) is 66.6 Å². The highest BCUT2D eigenvalue weighted by Crippen LogP contribution is 2.64. The lowest BCUT2D eigenvalue weighted by Gasteiger charge is -2.43. The number of hydrogen-bond acceptors (Lipinski definition) is 1. The van der Waals surface area contributed by atoms with E-state index in [9.17, 15) is 79.7 Å². The number of hydrogen-bond donors (Lipinski definition) is 1. The Morgan fingerprint density at radius 2 is 0.972 bits per heavy atom. The number of benzene rings is 1. The Kier molecular flexibility index (Phi) is 7.77. The zero-order valence-corrected chi connectivity index (χ0v) is 17.5. The molecule has 0 heterocycles. The molecule has 1 N–H and O–H groups in total. The van der Waals surface area contributed by atoms with Crippen molar-refractivity contribution in [2.24, 2.45) is 0 Å². The minimum atomic E-state index is -8.70. The van der Waals surface area contributed by atoms with E-state index in [1.807, 2.05) is 0 Å². The topological polar surface area (TPSA) is 20.2 Å². The molecular weight excluding hydrogens is 579 g/mol. The highest BCUT2D eigenvalue weighted by Gasteiger charge is 2.95. The van der Waals surface area contributed by atoms with Gasteiger partial charge in [0.1, 0.15) is 0 Å². The smallest absolute Gasteiger partial charge is 0.385 e. The van der Waals surface area contributed by atoms with Crippen molar-refractivity contribution in [2.75, 3.05) is 0 Å². The Bertz CT molecular complexity index is 951. The van der Waals surface area contributed by atoms with Gasteiger partial charge in [0.15, 0.2) is 0 Å². The number of aliphatic hydroxyl groups is 1. The zero-order valence-electron chi connectivity index (χ0n) is 16.8. The quantitative estimate of drug-likeness (QED) is 0.291. The highest BCUT2D eigenvalue weighted by molar-refractivity contribution is 6.30.